The molecule has 138 valence electrons. The van der Waals surface area contributed by atoms with Crippen molar-refractivity contribution < 1.29 is 9.53 Å². The third-order valence-electron chi connectivity index (χ3n) is 4.97. The van der Waals surface area contributed by atoms with Crippen molar-refractivity contribution in [2.24, 2.45) is 0 Å². The van der Waals surface area contributed by atoms with Gasteiger partial charge in [0.1, 0.15) is 12.1 Å². The highest BCUT2D eigenvalue weighted by Gasteiger charge is 2.25. The molecule has 1 aromatic carbocycles. The Labute approximate surface area is 161 Å². The second-order valence-corrected chi connectivity index (χ2v) is 7.53. The van der Waals surface area contributed by atoms with Gasteiger partial charge < -0.3 is 14.5 Å². The van der Waals surface area contributed by atoms with Gasteiger partial charge in [0.25, 0.3) is 0 Å². The van der Waals surface area contributed by atoms with Crippen LogP contribution in [0.15, 0.2) is 29.0 Å². The topological polar surface area (TPSA) is 61.8 Å². The molecular weight excluding hydrogens is 398 g/mol. The molecule has 2 fully saturated rings. The zero-order valence-electron chi connectivity index (χ0n) is 14.6. The number of nitrogens with zero attached hydrogens (tertiary/aromatic N) is 5. The molecule has 2 aliphatic heterocycles. The Hall–Kier alpha value is -1.77. The SMILES string of the molecule is O=C(CN1CCOCC1)N1CCN(c2ncnc3ccc(Br)cc23)CC1. The summed E-state index contributed by atoms with van der Waals surface area (Å²) in [5, 5.41) is 1.04. The fraction of sp³-hybridized carbons (Fsp3) is 0.500. The highest BCUT2D eigenvalue weighted by molar-refractivity contribution is 9.10. The maximum atomic E-state index is 12.6. The van der Waals surface area contributed by atoms with Crippen molar-refractivity contribution in [3.05, 3.63) is 29.0 Å². The maximum Gasteiger partial charge on any atom is 0.236 e. The Morgan fingerprint density at radius 3 is 2.62 bits per heavy atom. The number of hydrogen-bond acceptors (Lipinski definition) is 6. The average molecular weight is 420 g/mol. The van der Waals surface area contributed by atoms with Crippen molar-refractivity contribution >= 4 is 38.6 Å². The van der Waals surface area contributed by atoms with Gasteiger partial charge in [-0.3, -0.25) is 9.69 Å². The minimum absolute atomic E-state index is 0.210. The van der Waals surface area contributed by atoms with E-state index in [-0.39, 0.29) is 5.91 Å². The number of carbonyl (C=O) groups is 1. The van der Waals surface area contributed by atoms with Crippen LogP contribution in [0.1, 0.15) is 0 Å². The van der Waals surface area contributed by atoms with E-state index in [0.29, 0.717) is 6.54 Å². The minimum Gasteiger partial charge on any atom is -0.379 e. The van der Waals surface area contributed by atoms with Gasteiger partial charge in [-0.05, 0) is 18.2 Å². The molecule has 8 heteroatoms. The summed E-state index contributed by atoms with van der Waals surface area (Å²) in [7, 11) is 0. The average Bonchev–Trinajstić information content (AvgIpc) is 2.68. The zero-order chi connectivity index (χ0) is 17.9. The molecular formula is C18H22BrN5O2. The molecule has 0 spiro atoms. The molecule has 0 radical (unpaired) electrons. The quantitative estimate of drug-likeness (QED) is 0.748. The van der Waals surface area contributed by atoms with E-state index < -0.39 is 0 Å². The van der Waals surface area contributed by atoms with E-state index in [2.05, 4.69) is 41.8 Å². The van der Waals surface area contributed by atoms with Crippen LogP contribution in [0.4, 0.5) is 5.82 Å². The lowest BCUT2D eigenvalue weighted by Crippen LogP contribution is -2.52. The van der Waals surface area contributed by atoms with Gasteiger partial charge in [-0.25, -0.2) is 9.97 Å². The number of hydrogen-bond donors (Lipinski definition) is 0. The van der Waals surface area contributed by atoms with Crippen LogP contribution >= 0.6 is 15.9 Å². The first kappa shape index (κ1) is 17.6. The van der Waals surface area contributed by atoms with Crippen molar-refractivity contribution in [3.63, 3.8) is 0 Å². The van der Waals surface area contributed by atoms with E-state index in [1.165, 1.54) is 0 Å². The molecule has 2 saturated heterocycles. The van der Waals surface area contributed by atoms with Gasteiger partial charge in [0.15, 0.2) is 0 Å². The number of morpholine rings is 1. The van der Waals surface area contributed by atoms with E-state index >= 15 is 0 Å². The van der Waals surface area contributed by atoms with Crippen molar-refractivity contribution in [3.8, 4) is 0 Å². The van der Waals surface area contributed by atoms with E-state index in [1.54, 1.807) is 6.33 Å². The largest absolute Gasteiger partial charge is 0.379 e. The van der Waals surface area contributed by atoms with Gasteiger partial charge in [-0.15, -0.1) is 0 Å². The summed E-state index contributed by atoms with van der Waals surface area (Å²) in [4.78, 5) is 27.8. The zero-order valence-corrected chi connectivity index (χ0v) is 16.2. The molecule has 0 atom stereocenters. The Bertz CT molecular complexity index is 788. The summed E-state index contributed by atoms with van der Waals surface area (Å²) in [5.74, 6) is 1.15. The Morgan fingerprint density at radius 2 is 1.85 bits per heavy atom. The van der Waals surface area contributed by atoms with Crippen LogP contribution in [0.25, 0.3) is 10.9 Å². The smallest absolute Gasteiger partial charge is 0.236 e. The summed E-state index contributed by atoms with van der Waals surface area (Å²) < 4.78 is 6.36. The third-order valence-corrected chi connectivity index (χ3v) is 5.46. The predicted molar refractivity (Wildman–Crippen MR) is 103 cm³/mol. The first-order chi connectivity index (χ1) is 12.7. The molecule has 1 aromatic heterocycles. The van der Waals surface area contributed by atoms with Gasteiger partial charge in [0.2, 0.25) is 5.91 Å². The van der Waals surface area contributed by atoms with Gasteiger partial charge in [0, 0.05) is 49.1 Å². The number of benzene rings is 1. The number of ether oxygens (including phenoxy) is 1. The van der Waals surface area contributed by atoms with Gasteiger partial charge in [0.05, 0.1) is 25.3 Å². The molecule has 3 heterocycles. The minimum atomic E-state index is 0.210. The van der Waals surface area contributed by atoms with Crippen LogP contribution < -0.4 is 4.90 Å². The Balaban J connectivity index is 1.40. The predicted octanol–water partition coefficient (Wildman–Crippen LogP) is 1.37. The highest BCUT2D eigenvalue weighted by atomic mass is 79.9. The molecule has 0 N–H and O–H groups in total. The molecule has 26 heavy (non-hydrogen) atoms. The van der Waals surface area contributed by atoms with Gasteiger partial charge in [-0.1, -0.05) is 15.9 Å². The first-order valence-electron chi connectivity index (χ1n) is 8.94. The molecule has 2 aliphatic rings. The Kier molecular flexibility index (Phi) is 5.33. The fourth-order valence-corrected chi connectivity index (χ4v) is 3.85. The molecule has 2 aromatic rings. The van der Waals surface area contributed by atoms with E-state index in [4.69, 9.17) is 4.74 Å². The molecule has 0 aliphatic carbocycles. The lowest BCUT2D eigenvalue weighted by molar-refractivity contribution is -0.133. The first-order valence-corrected chi connectivity index (χ1v) is 9.73. The van der Waals surface area contributed by atoms with Crippen molar-refractivity contribution in [2.45, 2.75) is 0 Å². The molecule has 0 saturated carbocycles. The van der Waals surface area contributed by atoms with Crippen LogP contribution in [-0.4, -0.2) is 84.7 Å². The van der Waals surface area contributed by atoms with E-state index in [9.17, 15) is 4.79 Å². The molecule has 0 bridgehead atoms. The molecule has 0 unspecified atom stereocenters. The van der Waals surface area contributed by atoms with E-state index in [1.807, 2.05) is 17.0 Å². The number of piperazine rings is 1. The normalized spacial score (nSPS) is 19.1. The van der Waals surface area contributed by atoms with Gasteiger partial charge >= 0.3 is 0 Å². The molecule has 1 amide bonds. The summed E-state index contributed by atoms with van der Waals surface area (Å²) in [6, 6.07) is 6.04. The number of rotatable bonds is 3. The highest BCUT2D eigenvalue weighted by Crippen LogP contribution is 2.26. The summed E-state index contributed by atoms with van der Waals surface area (Å²) >= 11 is 3.53. The lowest BCUT2D eigenvalue weighted by Gasteiger charge is -2.37. The summed E-state index contributed by atoms with van der Waals surface area (Å²) in [6.07, 6.45) is 1.61. The Morgan fingerprint density at radius 1 is 1.08 bits per heavy atom. The van der Waals surface area contributed by atoms with Crippen LogP contribution in [0, 0.1) is 0 Å². The summed E-state index contributed by atoms with van der Waals surface area (Å²) in [5.41, 5.74) is 0.934. The van der Waals surface area contributed by atoms with E-state index in [0.717, 1.165) is 73.7 Å². The van der Waals surface area contributed by atoms with Crippen LogP contribution in [0.3, 0.4) is 0 Å². The van der Waals surface area contributed by atoms with Crippen LogP contribution in [0.5, 0.6) is 0 Å². The third kappa shape index (κ3) is 3.82. The van der Waals surface area contributed by atoms with Gasteiger partial charge in [-0.2, -0.15) is 0 Å². The van der Waals surface area contributed by atoms with Crippen LogP contribution in [-0.2, 0) is 9.53 Å². The maximum absolute atomic E-state index is 12.6. The number of fused-ring (bicyclic) bond motifs is 1. The number of aromatic nitrogens is 2. The number of amides is 1. The second-order valence-electron chi connectivity index (χ2n) is 6.62. The lowest BCUT2D eigenvalue weighted by atomic mass is 10.2. The van der Waals surface area contributed by atoms with Crippen molar-refractivity contribution in [2.75, 3.05) is 63.9 Å². The number of anilines is 1. The monoisotopic (exact) mass is 419 g/mol. The van der Waals surface area contributed by atoms with Crippen molar-refractivity contribution in [1.29, 1.82) is 0 Å². The van der Waals surface area contributed by atoms with Crippen molar-refractivity contribution in [1.82, 2.24) is 19.8 Å². The molecule has 7 nitrogen and oxygen atoms in total. The number of halogens is 1. The fourth-order valence-electron chi connectivity index (χ4n) is 3.49. The molecule has 4 rings (SSSR count). The van der Waals surface area contributed by atoms with Crippen LogP contribution in [0.2, 0.25) is 0 Å². The second kappa shape index (κ2) is 7.85. The summed E-state index contributed by atoms with van der Waals surface area (Å²) in [6.45, 7) is 6.63. The number of carbonyl (C=O) groups excluding carboxylic acids is 1. The standard InChI is InChI=1S/C18H22BrN5O2/c19-14-1-2-16-15(11-14)18(21-13-20-16)24-5-3-23(4-6-24)17(25)12-22-7-9-26-10-8-22/h1-2,11,13H,3-10,12H2.